The summed E-state index contributed by atoms with van der Waals surface area (Å²) in [5.41, 5.74) is 0. The average Bonchev–Trinajstić information content (AvgIpc) is 2.58. The van der Waals surface area contributed by atoms with Crippen LogP contribution in [0.1, 0.15) is 32.6 Å². The molecule has 0 aromatic heterocycles. The van der Waals surface area contributed by atoms with Gasteiger partial charge in [-0.1, -0.05) is 6.92 Å². The fraction of sp³-hybridized carbons (Fsp3) is 0.941. The second kappa shape index (κ2) is 10.2. The van der Waals surface area contributed by atoms with E-state index in [1.54, 1.807) is 0 Å². The summed E-state index contributed by atoms with van der Waals surface area (Å²) in [6, 6.07) is 2.29. The first-order valence-corrected chi connectivity index (χ1v) is 8.82. The lowest BCUT2D eigenvalue weighted by molar-refractivity contribution is -0.0190. The van der Waals surface area contributed by atoms with E-state index in [1.807, 2.05) is 0 Å². The third-order valence-electron chi connectivity index (χ3n) is 4.82. The molecule has 0 aromatic rings. The van der Waals surface area contributed by atoms with E-state index in [2.05, 4.69) is 22.8 Å². The molecule has 2 saturated heterocycles. The van der Waals surface area contributed by atoms with Gasteiger partial charge in [0.05, 0.1) is 25.4 Å². The van der Waals surface area contributed by atoms with Crippen LogP contribution >= 0.6 is 0 Å². The van der Waals surface area contributed by atoms with Crippen LogP contribution in [0.4, 0.5) is 0 Å². The molecule has 0 amide bonds. The molecular formula is C17H31N3O2. The third kappa shape index (κ3) is 6.21. The van der Waals surface area contributed by atoms with Crippen molar-refractivity contribution in [3.63, 3.8) is 0 Å². The van der Waals surface area contributed by atoms with Gasteiger partial charge >= 0.3 is 0 Å². The number of rotatable bonds is 8. The molecule has 0 bridgehead atoms. The van der Waals surface area contributed by atoms with E-state index in [0.717, 1.165) is 77.8 Å². The highest BCUT2D eigenvalue weighted by molar-refractivity contribution is 4.78. The predicted octanol–water partition coefficient (Wildman–Crippen LogP) is 1.74. The summed E-state index contributed by atoms with van der Waals surface area (Å²) < 4.78 is 11.2. The molecule has 0 spiro atoms. The first-order chi connectivity index (χ1) is 10.8. The summed E-state index contributed by atoms with van der Waals surface area (Å²) in [5, 5.41) is 8.89. The van der Waals surface area contributed by atoms with Gasteiger partial charge in [0, 0.05) is 52.3 Å². The van der Waals surface area contributed by atoms with Crippen LogP contribution in [0.3, 0.4) is 0 Å². The van der Waals surface area contributed by atoms with Crippen molar-refractivity contribution < 1.29 is 9.47 Å². The van der Waals surface area contributed by atoms with Gasteiger partial charge in [0.25, 0.3) is 0 Å². The van der Waals surface area contributed by atoms with Gasteiger partial charge in [0.2, 0.25) is 0 Å². The summed E-state index contributed by atoms with van der Waals surface area (Å²) in [6.07, 6.45) is 4.52. The minimum Gasteiger partial charge on any atom is -0.379 e. The minimum atomic E-state index is 0.441. The maximum atomic E-state index is 8.89. The zero-order valence-corrected chi connectivity index (χ0v) is 14.0. The summed E-state index contributed by atoms with van der Waals surface area (Å²) in [6.45, 7) is 11.1. The lowest BCUT2D eigenvalue weighted by atomic mass is 9.93. The molecule has 0 saturated carbocycles. The molecule has 2 aliphatic heterocycles. The van der Waals surface area contributed by atoms with Gasteiger partial charge in [-0.3, -0.25) is 4.90 Å². The lowest BCUT2D eigenvalue weighted by Crippen LogP contribution is -2.43. The third-order valence-corrected chi connectivity index (χ3v) is 4.82. The van der Waals surface area contributed by atoms with Crippen molar-refractivity contribution in [3.05, 3.63) is 0 Å². The Balaban J connectivity index is 1.76. The van der Waals surface area contributed by atoms with Crippen LogP contribution in [0, 0.1) is 17.2 Å². The van der Waals surface area contributed by atoms with Crippen LogP contribution in [-0.4, -0.2) is 75.0 Å². The molecular weight excluding hydrogens is 278 g/mol. The molecule has 126 valence electrons. The van der Waals surface area contributed by atoms with Gasteiger partial charge in [-0.25, -0.2) is 0 Å². The van der Waals surface area contributed by atoms with Crippen molar-refractivity contribution >= 4 is 0 Å². The molecule has 2 atom stereocenters. The summed E-state index contributed by atoms with van der Waals surface area (Å²) in [7, 11) is 0. The highest BCUT2D eigenvalue weighted by Gasteiger charge is 2.23. The summed E-state index contributed by atoms with van der Waals surface area (Å²) >= 11 is 0. The molecule has 0 aliphatic carbocycles. The fourth-order valence-corrected chi connectivity index (χ4v) is 3.38. The zero-order valence-electron chi connectivity index (χ0n) is 14.0. The van der Waals surface area contributed by atoms with E-state index in [-0.39, 0.29) is 0 Å². The SMILES string of the molecule is CC[C@@H]1C[C@@H](CN(CCC#N)CCN2CCOCC2)CCO1. The van der Waals surface area contributed by atoms with Gasteiger partial charge in [-0.15, -0.1) is 0 Å². The van der Waals surface area contributed by atoms with Gasteiger partial charge in [-0.05, 0) is 25.2 Å². The summed E-state index contributed by atoms with van der Waals surface area (Å²) in [5.74, 6) is 0.724. The molecule has 0 N–H and O–H groups in total. The first kappa shape index (κ1) is 17.7. The van der Waals surface area contributed by atoms with Crippen LogP contribution < -0.4 is 0 Å². The van der Waals surface area contributed by atoms with Gasteiger partial charge in [-0.2, -0.15) is 5.26 Å². The smallest absolute Gasteiger partial charge is 0.0635 e. The topological polar surface area (TPSA) is 48.7 Å². The molecule has 2 aliphatic rings. The highest BCUT2D eigenvalue weighted by atomic mass is 16.5. The molecule has 5 heteroatoms. The standard InChI is InChI=1S/C17H31N3O2/c1-2-17-14-16(4-11-22-17)15-20(6-3-5-18)8-7-19-9-12-21-13-10-19/h16-17H,2-4,6-15H2,1H3/t16-,17+/m0/s1. The van der Waals surface area contributed by atoms with E-state index in [9.17, 15) is 0 Å². The average molecular weight is 309 g/mol. The van der Waals surface area contributed by atoms with E-state index in [4.69, 9.17) is 14.7 Å². The quantitative estimate of drug-likeness (QED) is 0.683. The largest absolute Gasteiger partial charge is 0.379 e. The van der Waals surface area contributed by atoms with E-state index >= 15 is 0 Å². The number of nitriles is 1. The molecule has 5 nitrogen and oxygen atoms in total. The lowest BCUT2D eigenvalue weighted by Gasteiger charge is -2.34. The van der Waals surface area contributed by atoms with Crippen molar-refractivity contribution in [2.45, 2.75) is 38.7 Å². The summed E-state index contributed by atoms with van der Waals surface area (Å²) in [4.78, 5) is 4.96. The second-order valence-corrected chi connectivity index (χ2v) is 6.45. The Morgan fingerprint density at radius 2 is 2.05 bits per heavy atom. The van der Waals surface area contributed by atoms with Crippen LogP contribution in [-0.2, 0) is 9.47 Å². The van der Waals surface area contributed by atoms with Crippen molar-refractivity contribution in [1.29, 1.82) is 5.26 Å². The van der Waals surface area contributed by atoms with Crippen LogP contribution in [0.5, 0.6) is 0 Å². The monoisotopic (exact) mass is 309 g/mol. The number of nitrogens with zero attached hydrogens (tertiary/aromatic N) is 3. The number of ether oxygens (including phenoxy) is 2. The maximum absolute atomic E-state index is 8.89. The molecule has 0 radical (unpaired) electrons. The van der Waals surface area contributed by atoms with Crippen LogP contribution in [0.25, 0.3) is 0 Å². The van der Waals surface area contributed by atoms with E-state index < -0.39 is 0 Å². The first-order valence-electron chi connectivity index (χ1n) is 8.82. The molecule has 2 rings (SSSR count). The number of hydrogen-bond donors (Lipinski definition) is 0. The molecule has 0 unspecified atom stereocenters. The van der Waals surface area contributed by atoms with Gasteiger partial charge in [0.1, 0.15) is 0 Å². The number of hydrogen-bond acceptors (Lipinski definition) is 5. The Kier molecular flexibility index (Phi) is 8.17. The molecule has 2 heterocycles. The van der Waals surface area contributed by atoms with E-state index in [0.29, 0.717) is 12.5 Å². The molecule has 22 heavy (non-hydrogen) atoms. The Bertz CT molecular complexity index is 339. The van der Waals surface area contributed by atoms with Crippen molar-refractivity contribution in [2.24, 2.45) is 5.92 Å². The molecule has 0 aromatic carbocycles. The Hall–Kier alpha value is -0.670. The zero-order chi connectivity index (χ0) is 15.6. The Morgan fingerprint density at radius 1 is 1.23 bits per heavy atom. The highest BCUT2D eigenvalue weighted by Crippen LogP contribution is 2.23. The predicted molar refractivity (Wildman–Crippen MR) is 86.7 cm³/mol. The normalized spacial score (nSPS) is 27.0. The fourth-order valence-electron chi connectivity index (χ4n) is 3.38. The van der Waals surface area contributed by atoms with Crippen molar-refractivity contribution in [2.75, 3.05) is 59.1 Å². The Labute approximate surface area is 135 Å². The van der Waals surface area contributed by atoms with Crippen molar-refractivity contribution in [1.82, 2.24) is 9.80 Å². The minimum absolute atomic E-state index is 0.441. The molecule has 2 fully saturated rings. The van der Waals surface area contributed by atoms with Gasteiger partial charge < -0.3 is 14.4 Å². The van der Waals surface area contributed by atoms with Gasteiger partial charge in [0.15, 0.2) is 0 Å². The number of morpholine rings is 1. The van der Waals surface area contributed by atoms with Crippen LogP contribution in [0.2, 0.25) is 0 Å². The second-order valence-electron chi connectivity index (χ2n) is 6.45. The van der Waals surface area contributed by atoms with Crippen molar-refractivity contribution in [3.8, 4) is 6.07 Å². The maximum Gasteiger partial charge on any atom is 0.0635 e. The Morgan fingerprint density at radius 3 is 2.77 bits per heavy atom. The van der Waals surface area contributed by atoms with E-state index in [1.165, 1.54) is 6.42 Å². The van der Waals surface area contributed by atoms with Crippen LogP contribution in [0.15, 0.2) is 0 Å².